The van der Waals surface area contributed by atoms with Crippen LogP contribution in [0.4, 0.5) is 0 Å². The van der Waals surface area contributed by atoms with Crippen molar-refractivity contribution in [3.8, 4) is 0 Å². The van der Waals surface area contributed by atoms with Crippen LogP contribution in [0.15, 0.2) is 0 Å². The minimum atomic E-state index is -0.324. The van der Waals surface area contributed by atoms with Crippen LogP contribution in [0.3, 0.4) is 0 Å². The molecule has 4 saturated heterocycles. The Morgan fingerprint density at radius 1 is 1.19 bits per heavy atom. The maximum Gasteiger partial charge on any atom is 0.245 e. The summed E-state index contributed by atoms with van der Waals surface area (Å²) in [4.78, 5) is 29.3. The summed E-state index contributed by atoms with van der Waals surface area (Å²) < 4.78 is 0. The minimum Gasteiger partial charge on any atom is -0.344 e. The molecule has 1 N–H and O–H groups in total. The molecule has 0 saturated carbocycles. The minimum absolute atomic E-state index is 0.0257. The van der Waals surface area contributed by atoms with Gasteiger partial charge >= 0.3 is 0 Å². The summed E-state index contributed by atoms with van der Waals surface area (Å²) in [5.74, 6) is 1.21. The highest BCUT2D eigenvalue weighted by atomic mass is 16.2. The number of fused-ring (bicyclic) bond motifs is 3. The zero-order valence-electron chi connectivity index (χ0n) is 13.2. The Bertz CT molecular complexity index is 416. The molecule has 0 radical (unpaired) electrons. The van der Waals surface area contributed by atoms with E-state index in [9.17, 15) is 9.59 Å². The second kappa shape index (κ2) is 5.95. The van der Waals surface area contributed by atoms with Gasteiger partial charge in [0.1, 0.15) is 6.04 Å². The first-order chi connectivity index (χ1) is 10.0. The molecular weight excluding hydrogens is 266 g/mol. The molecule has 2 unspecified atom stereocenters. The molecule has 4 rings (SSSR count). The van der Waals surface area contributed by atoms with E-state index in [2.05, 4.69) is 24.1 Å². The lowest BCUT2D eigenvalue weighted by Crippen LogP contribution is -2.60. The number of hydrogen-bond acceptors (Lipinski definition) is 3. The molecule has 2 bridgehead atoms. The molecule has 2 amide bonds. The van der Waals surface area contributed by atoms with Gasteiger partial charge in [-0.15, -0.1) is 0 Å². The molecule has 2 atom stereocenters. The summed E-state index contributed by atoms with van der Waals surface area (Å²) in [5, 5.41) is 2.93. The number of carbonyl (C=O) groups excluding carboxylic acids is 2. The van der Waals surface area contributed by atoms with E-state index in [4.69, 9.17) is 0 Å². The average molecular weight is 293 g/mol. The van der Waals surface area contributed by atoms with Gasteiger partial charge in [0.2, 0.25) is 11.8 Å². The van der Waals surface area contributed by atoms with E-state index in [-0.39, 0.29) is 17.9 Å². The van der Waals surface area contributed by atoms with Gasteiger partial charge in [-0.2, -0.15) is 0 Å². The Balaban J connectivity index is 1.76. The number of hydrogen-bond donors (Lipinski definition) is 1. The number of piperidine rings is 3. The summed E-state index contributed by atoms with van der Waals surface area (Å²) in [7, 11) is 0. The van der Waals surface area contributed by atoms with Gasteiger partial charge in [0.05, 0.1) is 0 Å². The first kappa shape index (κ1) is 14.8. The van der Waals surface area contributed by atoms with Gasteiger partial charge in [-0.3, -0.25) is 9.59 Å². The molecule has 4 fully saturated rings. The molecule has 21 heavy (non-hydrogen) atoms. The molecule has 118 valence electrons. The Hall–Kier alpha value is -1.10. The average Bonchev–Trinajstić information content (AvgIpc) is 2.59. The zero-order valence-corrected chi connectivity index (χ0v) is 13.2. The van der Waals surface area contributed by atoms with Crippen molar-refractivity contribution in [1.29, 1.82) is 0 Å². The molecular formula is C16H27N3O2. The van der Waals surface area contributed by atoms with Gasteiger partial charge in [-0.05, 0) is 44.2 Å². The standard InChI is InChI=1S/C16H27N3O2/c1-11(2)9-13-16(21)19(8-5-15(20)17-13)14-10-18-6-3-12(14)4-7-18/h11-14H,3-10H2,1-2H3,(H,17,20). The van der Waals surface area contributed by atoms with Gasteiger partial charge in [0, 0.05) is 25.6 Å². The first-order valence-electron chi connectivity index (χ1n) is 8.37. The van der Waals surface area contributed by atoms with E-state index in [1.165, 1.54) is 25.9 Å². The van der Waals surface area contributed by atoms with Gasteiger partial charge in [0.25, 0.3) is 0 Å². The van der Waals surface area contributed by atoms with Crippen LogP contribution in [-0.2, 0) is 9.59 Å². The lowest BCUT2D eigenvalue weighted by atomic mass is 9.82. The third kappa shape index (κ3) is 3.07. The Morgan fingerprint density at radius 2 is 1.90 bits per heavy atom. The SMILES string of the molecule is CC(C)CC1NC(=O)CCN(C2CN3CCC2CC3)C1=O. The number of carbonyl (C=O) groups is 2. The molecule has 4 aliphatic heterocycles. The third-order valence-corrected chi connectivity index (χ3v) is 5.23. The highest BCUT2D eigenvalue weighted by Gasteiger charge is 2.42. The summed E-state index contributed by atoms with van der Waals surface area (Å²) >= 11 is 0. The summed E-state index contributed by atoms with van der Waals surface area (Å²) in [6.07, 6.45) is 3.58. The maximum atomic E-state index is 12.9. The highest BCUT2D eigenvalue weighted by molar-refractivity contribution is 5.90. The van der Waals surface area contributed by atoms with Crippen LogP contribution in [-0.4, -0.2) is 59.9 Å². The quantitative estimate of drug-likeness (QED) is 0.839. The smallest absolute Gasteiger partial charge is 0.245 e. The van der Waals surface area contributed by atoms with Gasteiger partial charge < -0.3 is 15.1 Å². The van der Waals surface area contributed by atoms with E-state index in [1.807, 2.05) is 4.90 Å². The molecule has 5 heteroatoms. The Morgan fingerprint density at radius 3 is 2.48 bits per heavy atom. The Labute approximate surface area is 127 Å². The van der Waals surface area contributed by atoms with Crippen LogP contribution >= 0.6 is 0 Å². The van der Waals surface area contributed by atoms with Crippen molar-refractivity contribution in [2.45, 2.75) is 51.6 Å². The monoisotopic (exact) mass is 293 g/mol. The number of rotatable bonds is 3. The van der Waals surface area contributed by atoms with Crippen LogP contribution in [0.1, 0.15) is 39.5 Å². The zero-order chi connectivity index (χ0) is 15.0. The molecule has 0 aromatic carbocycles. The largest absolute Gasteiger partial charge is 0.344 e. The molecule has 4 aliphatic rings. The summed E-state index contributed by atoms with van der Waals surface area (Å²) in [6.45, 7) is 8.14. The van der Waals surface area contributed by atoms with E-state index >= 15 is 0 Å². The molecule has 5 nitrogen and oxygen atoms in total. The van der Waals surface area contributed by atoms with Crippen molar-refractivity contribution < 1.29 is 9.59 Å². The van der Waals surface area contributed by atoms with Crippen LogP contribution in [0.25, 0.3) is 0 Å². The van der Waals surface area contributed by atoms with Crippen LogP contribution in [0, 0.1) is 11.8 Å². The van der Waals surface area contributed by atoms with E-state index in [0.717, 1.165) is 13.0 Å². The fourth-order valence-corrected chi connectivity index (χ4v) is 4.11. The van der Waals surface area contributed by atoms with Crippen molar-refractivity contribution >= 4 is 11.8 Å². The molecule has 0 spiro atoms. The number of amides is 2. The van der Waals surface area contributed by atoms with Crippen LogP contribution < -0.4 is 5.32 Å². The van der Waals surface area contributed by atoms with E-state index < -0.39 is 0 Å². The predicted octanol–water partition coefficient (Wildman–Crippen LogP) is 0.844. The number of nitrogens with one attached hydrogen (secondary N) is 1. The van der Waals surface area contributed by atoms with Crippen molar-refractivity contribution in [3.05, 3.63) is 0 Å². The van der Waals surface area contributed by atoms with E-state index in [0.29, 0.717) is 30.8 Å². The number of nitrogens with zero attached hydrogens (tertiary/aromatic N) is 2. The van der Waals surface area contributed by atoms with Crippen molar-refractivity contribution in [2.24, 2.45) is 11.8 Å². The van der Waals surface area contributed by atoms with Crippen LogP contribution in [0.2, 0.25) is 0 Å². The topological polar surface area (TPSA) is 52.7 Å². The lowest BCUT2D eigenvalue weighted by Gasteiger charge is -2.49. The fourth-order valence-electron chi connectivity index (χ4n) is 4.11. The molecule has 0 aromatic rings. The Kier molecular flexibility index (Phi) is 4.20. The van der Waals surface area contributed by atoms with Gasteiger partial charge in [0.15, 0.2) is 0 Å². The normalized spacial score (nSPS) is 36.8. The predicted molar refractivity (Wildman–Crippen MR) is 80.7 cm³/mol. The summed E-state index contributed by atoms with van der Waals surface area (Å²) in [5.41, 5.74) is 0. The maximum absolute atomic E-state index is 12.9. The third-order valence-electron chi connectivity index (χ3n) is 5.23. The molecule has 0 aliphatic carbocycles. The second-order valence-electron chi connectivity index (χ2n) is 7.24. The van der Waals surface area contributed by atoms with Crippen molar-refractivity contribution in [1.82, 2.24) is 15.1 Å². The summed E-state index contributed by atoms with van der Waals surface area (Å²) in [6, 6.07) is -0.00202. The van der Waals surface area contributed by atoms with Crippen LogP contribution in [0.5, 0.6) is 0 Å². The second-order valence-corrected chi connectivity index (χ2v) is 7.24. The van der Waals surface area contributed by atoms with Gasteiger partial charge in [-0.1, -0.05) is 13.8 Å². The molecule has 0 aromatic heterocycles. The van der Waals surface area contributed by atoms with Crippen molar-refractivity contribution in [3.63, 3.8) is 0 Å². The first-order valence-corrected chi connectivity index (χ1v) is 8.37. The molecule has 4 heterocycles. The highest BCUT2D eigenvalue weighted by Crippen LogP contribution is 2.32. The van der Waals surface area contributed by atoms with Gasteiger partial charge in [-0.25, -0.2) is 0 Å². The fraction of sp³-hybridized carbons (Fsp3) is 0.875. The lowest BCUT2D eigenvalue weighted by molar-refractivity contribution is -0.140. The van der Waals surface area contributed by atoms with E-state index in [1.54, 1.807) is 0 Å². The van der Waals surface area contributed by atoms with Crippen molar-refractivity contribution in [2.75, 3.05) is 26.2 Å².